The van der Waals surface area contributed by atoms with Gasteiger partial charge in [-0.15, -0.1) is 0 Å². The summed E-state index contributed by atoms with van der Waals surface area (Å²) in [6, 6.07) is 0.882. The summed E-state index contributed by atoms with van der Waals surface area (Å²) in [6.07, 6.45) is 8.88. The third kappa shape index (κ3) is 2.18. The minimum Gasteiger partial charge on any atom is -0.296 e. The Bertz CT molecular complexity index is 326. The molecule has 0 radical (unpaired) electrons. The average molecular weight is 250 g/mol. The number of hydrogen-bond acceptors (Lipinski definition) is 3. The van der Waals surface area contributed by atoms with Crippen LogP contribution in [0.1, 0.15) is 51.4 Å². The van der Waals surface area contributed by atoms with Gasteiger partial charge in [0, 0.05) is 32.0 Å². The molecule has 100 valence electrons. The van der Waals surface area contributed by atoms with Crippen LogP contribution in [0.25, 0.3) is 0 Å². The molecule has 0 aromatic carbocycles. The minimum absolute atomic E-state index is 0.0468. The first-order valence-electron chi connectivity index (χ1n) is 7.34. The zero-order valence-electron chi connectivity index (χ0n) is 10.9. The Hall–Kier alpha value is -0.900. The predicted molar refractivity (Wildman–Crippen MR) is 67.9 cm³/mol. The highest BCUT2D eigenvalue weighted by Gasteiger charge is 2.42. The van der Waals surface area contributed by atoms with Crippen molar-refractivity contribution in [2.24, 2.45) is 0 Å². The number of hydrogen-bond donors (Lipinski definition) is 0. The van der Waals surface area contributed by atoms with E-state index >= 15 is 0 Å². The molecule has 0 unspecified atom stereocenters. The van der Waals surface area contributed by atoms with Gasteiger partial charge in [0.2, 0.25) is 11.8 Å². The van der Waals surface area contributed by atoms with Crippen molar-refractivity contribution in [1.29, 1.82) is 0 Å². The summed E-state index contributed by atoms with van der Waals surface area (Å²) in [4.78, 5) is 27.3. The Morgan fingerprint density at radius 1 is 0.778 bits per heavy atom. The fourth-order valence-electron chi connectivity index (χ4n) is 3.57. The maximum absolute atomic E-state index is 11.6. The maximum atomic E-state index is 11.6. The smallest absolute Gasteiger partial charge is 0.230 e. The molecule has 0 aromatic heterocycles. The first kappa shape index (κ1) is 12.2. The molecule has 18 heavy (non-hydrogen) atoms. The molecule has 1 saturated carbocycles. The van der Waals surface area contributed by atoms with Crippen LogP contribution in [0.4, 0.5) is 0 Å². The van der Waals surface area contributed by atoms with Crippen LogP contribution in [0.15, 0.2) is 0 Å². The molecule has 0 N–H and O–H groups in total. The molecule has 0 spiro atoms. The van der Waals surface area contributed by atoms with Crippen LogP contribution in [0.5, 0.6) is 0 Å². The quantitative estimate of drug-likeness (QED) is 0.551. The molecule has 2 saturated heterocycles. The van der Waals surface area contributed by atoms with E-state index in [1.54, 1.807) is 0 Å². The topological polar surface area (TPSA) is 40.6 Å². The summed E-state index contributed by atoms with van der Waals surface area (Å²) in [5.41, 5.74) is 0. The third-order valence-electron chi connectivity index (χ3n) is 4.69. The fraction of sp³-hybridized carbons (Fsp3) is 0.857. The van der Waals surface area contributed by atoms with E-state index in [4.69, 9.17) is 0 Å². The molecule has 1 aliphatic carbocycles. The second kappa shape index (κ2) is 5.00. The number of carbonyl (C=O) groups is 2. The SMILES string of the molecule is O=C1CCC(=O)N1C1CN(C2CCCCCC2)C1. The lowest BCUT2D eigenvalue weighted by Gasteiger charge is -2.47. The van der Waals surface area contributed by atoms with E-state index in [0.717, 1.165) is 13.1 Å². The van der Waals surface area contributed by atoms with Gasteiger partial charge in [-0.1, -0.05) is 25.7 Å². The van der Waals surface area contributed by atoms with E-state index in [9.17, 15) is 9.59 Å². The van der Waals surface area contributed by atoms with Gasteiger partial charge in [-0.05, 0) is 12.8 Å². The molecular formula is C14H22N2O2. The van der Waals surface area contributed by atoms with E-state index in [0.29, 0.717) is 18.9 Å². The highest BCUT2D eigenvalue weighted by molar-refractivity contribution is 6.02. The van der Waals surface area contributed by atoms with Crippen LogP contribution in [-0.2, 0) is 9.59 Å². The van der Waals surface area contributed by atoms with Crippen molar-refractivity contribution in [3.05, 3.63) is 0 Å². The highest BCUT2D eigenvalue weighted by Crippen LogP contribution is 2.29. The van der Waals surface area contributed by atoms with Gasteiger partial charge >= 0.3 is 0 Å². The molecule has 2 aliphatic heterocycles. The summed E-state index contributed by atoms with van der Waals surface area (Å²) >= 11 is 0. The molecule has 2 heterocycles. The van der Waals surface area contributed by atoms with Crippen molar-refractivity contribution in [2.45, 2.75) is 63.5 Å². The van der Waals surface area contributed by atoms with Crippen LogP contribution in [-0.4, -0.2) is 46.8 Å². The van der Waals surface area contributed by atoms with Crippen LogP contribution in [0, 0.1) is 0 Å². The van der Waals surface area contributed by atoms with Crippen molar-refractivity contribution in [3.8, 4) is 0 Å². The maximum Gasteiger partial charge on any atom is 0.230 e. The first-order chi connectivity index (χ1) is 8.75. The number of nitrogens with zero attached hydrogens (tertiary/aromatic N) is 2. The molecule has 0 bridgehead atoms. The molecule has 2 amide bonds. The lowest BCUT2D eigenvalue weighted by molar-refractivity contribution is -0.146. The van der Waals surface area contributed by atoms with Gasteiger partial charge in [0.1, 0.15) is 0 Å². The molecule has 4 heteroatoms. The molecule has 3 aliphatic rings. The predicted octanol–water partition coefficient (Wildman–Crippen LogP) is 1.54. The van der Waals surface area contributed by atoms with Gasteiger partial charge in [-0.25, -0.2) is 0 Å². The third-order valence-corrected chi connectivity index (χ3v) is 4.69. The molecule has 0 aromatic rings. The van der Waals surface area contributed by atoms with Gasteiger partial charge in [-0.2, -0.15) is 0 Å². The van der Waals surface area contributed by atoms with Crippen LogP contribution in [0.3, 0.4) is 0 Å². The van der Waals surface area contributed by atoms with Gasteiger partial charge in [0.15, 0.2) is 0 Å². The van der Waals surface area contributed by atoms with E-state index in [2.05, 4.69) is 4.90 Å². The van der Waals surface area contributed by atoms with E-state index < -0.39 is 0 Å². The lowest BCUT2D eigenvalue weighted by atomic mass is 9.99. The molecule has 3 rings (SSSR count). The average Bonchev–Trinajstić information content (AvgIpc) is 2.57. The Labute approximate surface area is 108 Å². The van der Waals surface area contributed by atoms with E-state index in [1.807, 2.05) is 0 Å². The zero-order chi connectivity index (χ0) is 12.5. The second-order valence-corrected chi connectivity index (χ2v) is 5.91. The molecular weight excluding hydrogens is 228 g/mol. The van der Waals surface area contributed by atoms with Crippen molar-refractivity contribution in [1.82, 2.24) is 9.80 Å². The largest absolute Gasteiger partial charge is 0.296 e. The zero-order valence-corrected chi connectivity index (χ0v) is 10.9. The van der Waals surface area contributed by atoms with Gasteiger partial charge < -0.3 is 0 Å². The summed E-state index contributed by atoms with van der Waals surface area (Å²) in [7, 11) is 0. The monoisotopic (exact) mass is 250 g/mol. The van der Waals surface area contributed by atoms with E-state index in [-0.39, 0.29) is 17.9 Å². The minimum atomic E-state index is 0.0468. The van der Waals surface area contributed by atoms with E-state index in [1.165, 1.54) is 43.4 Å². The van der Waals surface area contributed by atoms with Gasteiger partial charge in [0.05, 0.1) is 6.04 Å². The van der Waals surface area contributed by atoms with Crippen molar-refractivity contribution >= 4 is 11.8 Å². The van der Waals surface area contributed by atoms with Gasteiger partial charge in [0.25, 0.3) is 0 Å². The highest BCUT2D eigenvalue weighted by atomic mass is 16.2. The summed E-state index contributed by atoms with van der Waals surface area (Å²) < 4.78 is 0. The van der Waals surface area contributed by atoms with Crippen LogP contribution < -0.4 is 0 Å². The fourth-order valence-corrected chi connectivity index (χ4v) is 3.57. The summed E-state index contributed by atoms with van der Waals surface area (Å²) in [6.45, 7) is 1.84. The standard InChI is InChI=1S/C14H22N2O2/c17-13-7-8-14(18)16(13)12-9-15(10-12)11-5-3-1-2-4-6-11/h11-12H,1-10H2. The molecule has 4 nitrogen and oxygen atoms in total. The number of likely N-dealkylation sites (tertiary alicyclic amines) is 2. The number of imide groups is 1. The molecule has 0 atom stereocenters. The number of carbonyl (C=O) groups excluding carboxylic acids is 2. The van der Waals surface area contributed by atoms with Crippen molar-refractivity contribution in [2.75, 3.05) is 13.1 Å². The summed E-state index contributed by atoms with van der Waals surface area (Å²) in [5.74, 6) is 0.0935. The first-order valence-corrected chi connectivity index (χ1v) is 7.34. The van der Waals surface area contributed by atoms with Crippen LogP contribution >= 0.6 is 0 Å². The van der Waals surface area contributed by atoms with Crippen LogP contribution in [0.2, 0.25) is 0 Å². The molecule has 3 fully saturated rings. The summed E-state index contributed by atoms with van der Waals surface area (Å²) in [5, 5.41) is 0. The second-order valence-electron chi connectivity index (χ2n) is 5.91. The Morgan fingerprint density at radius 2 is 1.33 bits per heavy atom. The lowest BCUT2D eigenvalue weighted by Crippen LogP contribution is -2.63. The van der Waals surface area contributed by atoms with Crippen molar-refractivity contribution in [3.63, 3.8) is 0 Å². The van der Waals surface area contributed by atoms with Gasteiger partial charge in [-0.3, -0.25) is 19.4 Å². The van der Waals surface area contributed by atoms with Crippen molar-refractivity contribution < 1.29 is 9.59 Å². The Balaban J connectivity index is 1.53. The Morgan fingerprint density at radius 3 is 1.89 bits per heavy atom. The normalized spacial score (nSPS) is 28.6. The number of rotatable bonds is 2. The Kier molecular flexibility index (Phi) is 3.37. The number of amides is 2.